The van der Waals surface area contributed by atoms with Gasteiger partial charge in [-0.1, -0.05) is 19.8 Å². The van der Waals surface area contributed by atoms with E-state index in [1.165, 1.54) is 0 Å². The van der Waals surface area contributed by atoms with E-state index in [-0.39, 0.29) is 11.8 Å². The number of carbonyl (C=O) groups is 1. The summed E-state index contributed by atoms with van der Waals surface area (Å²) in [4.78, 5) is 14.0. The summed E-state index contributed by atoms with van der Waals surface area (Å²) < 4.78 is 0. The monoisotopic (exact) mass is 250 g/mol. The summed E-state index contributed by atoms with van der Waals surface area (Å²) in [6.45, 7) is 3.10. The predicted molar refractivity (Wildman–Crippen MR) is 67.5 cm³/mol. The molecule has 18 heavy (non-hydrogen) atoms. The van der Waals surface area contributed by atoms with Crippen LogP contribution in [0, 0.1) is 23.2 Å². The normalized spacial score (nSPS) is 33.4. The first-order valence-electron chi connectivity index (χ1n) is 7.01. The third-order valence-corrected chi connectivity index (χ3v) is 4.60. The highest BCUT2D eigenvalue weighted by Gasteiger charge is 2.44. The van der Waals surface area contributed by atoms with E-state index in [1.807, 2.05) is 6.92 Å². The lowest BCUT2D eigenvalue weighted by Crippen LogP contribution is -2.55. The number of likely N-dealkylation sites (tertiary alicyclic amines) is 1. The van der Waals surface area contributed by atoms with Crippen LogP contribution in [0.4, 0.5) is 0 Å². The molecule has 1 heterocycles. The van der Waals surface area contributed by atoms with E-state index in [4.69, 9.17) is 5.26 Å². The van der Waals surface area contributed by atoms with Gasteiger partial charge < -0.3 is 10.0 Å². The van der Waals surface area contributed by atoms with Gasteiger partial charge in [0.05, 0.1) is 11.7 Å². The molecule has 4 nitrogen and oxygen atoms in total. The van der Waals surface area contributed by atoms with Crippen molar-refractivity contribution >= 4 is 5.91 Å². The number of nitrogens with zero attached hydrogens (tertiary/aromatic N) is 2. The van der Waals surface area contributed by atoms with E-state index >= 15 is 0 Å². The van der Waals surface area contributed by atoms with E-state index in [1.54, 1.807) is 4.90 Å². The molecule has 100 valence electrons. The molecule has 0 spiro atoms. The molecular weight excluding hydrogens is 228 g/mol. The molecule has 0 bridgehead atoms. The zero-order chi connectivity index (χ0) is 13.2. The summed E-state index contributed by atoms with van der Waals surface area (Å²) in [5.41, 5.74) is -0.552. The number of fused-ring (bicyclic) bond motifs is 1. The number of nitriles is 1. The van der Waals surface area contributed by atoms with Gasteiger partial charge in [0.2, 0.25) is 5.91 Å². The van der Waals surface area contributed by atoms with E-state index in [0.717, 1.165) is 25.7 Å². The fraction of sp³-hybridized carbons (Fsp3) is 0.857. The molecule has 3 atom stereocenters. The molecule has 2 rings (SSSR count). The van der Waals surface area contributed by atoms with Crippen molar-refractivity contribution in [3.63, 3.8) is 0 Å². The lowest BCUT2D eigenvalue weighted by Gasteiger charge is -2.47. The molecule has 4 heteroatoms. The van der Waals surface area contributed by atoms with Crippen LogP contribution >= 0.6 is 0 Å². The highest BCUT2D eigenvalue weighted by molar-refractivity contribution is 5.81. The third-order valence-electron chi connectivity index (χ3n) is 4.60. The quantitative estimate of drug-likeness (QED) is 0.811. The van der Waals surface area contributed by atoms with Crippen LogP contribution < -0.4 is 0 Å². The van der Waals surface area contributed by atoms with Gasteiger partial charge in [0, 0.05) is 19.0 Å². The summed E-state index contributed by atoms with van der Waals surface area (Å²) >= 11 is 0. The first kappa shape index (κ1) is 13.4. The molecule has 2 fully saturated rings. The molecule has 3 unspecified atom stereocenters. The average molecular weight is 250 g/mol. The molecule has 2 aliphatic rings. The molecular formula is C14H22N2O2. The van der Waals surface area contributed by atoms with Gasteiger partial charge in [-0.2, -0.15) is 5.26 Å². The highest BCUT2D eigenvalue weighted by atomic mass is 16.3. The Balaban J connectivity index is 2.02. The summed E-state index contributed by atoms with van der Waals surface area (Å²) in [6.07, 6.45) is 5.35. The van der Waals surface area contributed by atoms with Crippen LogP contribution in [0.2, 0.25) is 0 Å². The van der Waals surface area contributed by atoms with Crippen LogP contribution in [-0.2, 0) is 4.79 Å². The zero-order valence-electron chi connectivity index (χ0n) is 11.1. The van der Waals surface area contributed by atoms with Crippen molar-refractivity contribution in [1.29, 1.82) is 5.26 Å². The fourth-order valence-corrected chi connectivity index (χ4v) is 3.31. The number of amides is 1. The van der Waals surface area contributed by atoms with Gasteiger partial charge in [0.25, 0.3) is 0 Å². The molecule has 1 N–H and O–H groups in total. The lowest BCUT2D eigenvalue weighted by molar-refractivity contribution is -0.145. The van der Waals surface area contributed by atoms with Crippen molar-refractivity contribution < 1.29 is 9.90 Å². The SMILES string of the molecule is CCC(C#N)C(=O)N1CCC2(O)CCCCC2C1. The first-order chi connectivity index (χ1) is 8.60. The first-order valence-corrected chi connectivity index (χ1v) is 7.01. The minimum absolute atomic E-state index is 0.0485. The Morgan fingerprint density at radius 3 is 3.00 bits per heavy atom. The molecule has 1 aliphatic carbocycles. The van der Waals surface area contributed by atoms with E-state index < -0.39 is 11.5 Å². The second-order valence-corrected chi connectivity index (χ2v) is 5.67. The van der Waals surface area contributed by atoms with Crippen molar-refractivity contribution in [2.24, 2.45) is 11.8 Å². The Morgan fingerprint density at radius 1 is 1.56 bits per heavy atom. The maximum Gasteiger partial charge on any atom is 0.239 e. The second-order valence-electron chi connectivity index (χ2n) is 5.67. The van der Waals surface area contributed by atoms with Crippen molar-refractivity contribution in [3.05, 3.63) is 0 Å². The molecule has 0 radical (unpaired) electrons. The average Bonchev–Trinajstić information content (AvgIpc) is 2.39. The van der Waals surface area contributed by atoms with Gasteiger partial charge in [0.15, 0.2) is 0 Å². The van der Waals surface area contributed by atoms with Gasteiger partial charge in [-0.25, -0.2) is 0 Å². The molecule has 1 amide bonds. The van der Waals surface area contributed by atoms with Crippen molar-refractivity contribution in [3.8, 4) is 6.07 Å². The maximum atomic E-state index is 12.2. The Bertz CT molecular complexity index is 363. The summed E-state index contributed by atoms with van der Waals surface area (Å²) in [5.74, 6) is -0.354. The van der Waals surface area contributed by atoms with E-state index in [9.17, 15) is 9.90 Å². The highest BCUT2D eigenvalue weighted by Crippen LogP contribution is 2.40. The van der Waals surface area contributed by atoms with Crippen LogP contribution in [0.3, 0.4) is 0 Å². The van der Waals surface area contributed by atoms with Crippen LogP contribution in [0.5, 0.6) is 0 Å². The largest absolute Gasteiger partial charge is 0.389 e. The van der Waals surface area contributed by atoms with Gasteiger partial charge in [-0.15, -0.1) is 0 Å². The van der Waals surface area contributed by atoms with Crippen LogP contribution in [0.15, 0.2) is 0 Å². The predicted octanol–water partition coefficient (Wildman–Crippen LogP) is 1.69. The van der Waals surface area contributed by atoms with Crippen molar-refractivity contribution in [1.82, 2.24) is 4.90 Å². The van der Waals surface area contributed by atoms with Gasteiger partial charge in [-0.3, -0.25) is 4.79 Å². The van der Waals surface area contributed by atoms with Crippen LogP contribution in [-0.4, -0.2) is 34.6 Å². The number of aliphatic hydroxyl groups is 1. The molecule has 0 aromatic carbocycles. The molecule has 0 aromatic heterocycles. The topological polar surface area (TPSA) is 64.3 Å². The van der Waals surface area contributed by atoms with Gasteiger partial charge in [-0.05, 0) is 25.7 Å². The third kappa shape index (κ3) is 2.37. The Kier molecular flexibility index (Phi) is 3.91. The Morgan fingerprint density at radius 2 is 2.33 bits per heavy atom. The number of hydrogen-bond donors (Lipinski definition) is 1. The fourth-order valence-electron chi connectivity index (χ4n) is 3.31. The summed E-state index contributed by atoms with van der Waals surface area (Å²) in [6, 6.07) is 2.08. The number of carbonyl (C=O) groups excluding carboxylic acids is 1. The summed E-state index contributed by atoms with van der Waals surface area (Å²) in [7, 11) is 0. The van der Waals surface area contributed by atoms with Gasteiger partial charge in [0.1, 0.15) is 5.92 Å². The molecule has 1 aliphatic heterocycles. The van der Waals surface area contributed by atoms with E-state index in [2.05, 4.69) is 6.07 Å². The Labute approximate surface area is 109 Å². The molecule has 1 saturated heterocycles. The number of hydrogen-bond acceptors (Lipinski definition) is 3. The van der Waals surface area contributed by atoms with E-state index in [0.29, 0.717) is 25.9 Å². The summed E-state index contributed by atoms with van der Waals surface area (Å²) in [5, 5.41) is 19.5. The maximum absolute atomic E-state index is 12.2. The standard InChI is InChI=1S/C14H22N2O2/c1-2-11(9-15)13(17)16-8-7-14(18)6-4-3-5-12(14)10-16/h11-12,18H,2-8,10H2,1H3. The Hall–Kier alpha value is -1.08. The smallest absolute Gasteiger partial charge is 0.239 e. The second kappa shape index (κ2) is 5.27. The van der Waals surface area contributed by atoms with Crippen molar-refractivity contribution in [2.45, 2.75) is 51.0 Å². The lowest BCUT2D eigenvalue weighted by atomic mass is 9.71. The van der Waals surface area contributed by atoms with Gasteiger partial charge >= 0.3 is 0 Å². The zero-order valence-corrected chi connectivity index (χ0v) is 11.1. The minimum Gasteiger partial charge on any atom is -0.389 e. The number of rotatable bonds is 2. The molecule has 1 saturated carbocycles. The van der Waals surface area contributed by atoms with Crippen LogP contribution in [0.1, 0.15) is 45.4 Å². The number of piperidine rings is 1. The van der Waals surface area contributed by atoms with Crippen LogP contribution in [0.25, 0.3) is 0 Å². The van der Waals surface area contributed by atoms with Crippen molar-refractivity contribution in [2.75, 3.05) is 13.1 Å². The minimum atomic E-state index is -0.552. The molecule has 0 aromatic rings.